The molecule has 11 heteroatoms. The van der Waals surface area contributed by atoms with Gasteiger partial charge in [-0.3, -0.25) is 9.69 Å². The van der Waals surface area contributed by atoms with Crippen molar-refractivity contribution >= 4 is 40.0 Å². The second-order valence-electron chi connectivity index (χ2n) is 6.89. The number of ether oxygens (including phenoxy) is 1. The molecule has 1 N–H and O–H groups in total. The number of anilines is 3. The van der Waals surface area contributed by atoms with Crippen molar-refractivity contribution in [1.29, 1.82) is 0 Å². The van der Waals surface area contributed by atoms with Crippen LogP contribution in [0.25, 0.3) is 0 Å². The molecule has 154 valence electrons. The Kier molecular flexibility index (Phi) is 5.47. The van der Waals surface area contributed by atoms with Crippen LogP contribution in [0, 0.1) is 5.82 Å². The first-order chi connectivity index (χ1) is 14.0. The van der Waals surface area contributed by atoms with Crippen molar-refractivity contribution in [3.8, 4) is 0 Å². The molecule has 4 rings (SSSR count). The molecule has 2 aromatic rings. The predicted molar refractivity (Wildman–Crippen MR) is 107 cm³/mol. The third-order valence-corrected chi connectivity index (χ3v) is 5.66. The van der Waals surface area contributed by atoms with E-state index in [-0.39, 0.29) is 24.8 Å². The molecule has 2 amide bonds. The summed E-state index contributed by atoms with van der Waals surface area (Å²) in [5.41, 5.74) is 0.946. The maximum absolute atomic E-state index is 14.8. The number of nitrogens with one attached hydrogen (secondary N) is 1. The molecule has 0 radical (unpaired) electrons. The van der Waals surface area contributed by atoms with E-state index in [0.29, 0.717) is 24.5 Å². The summed E-state index contributed by atoms with van der Waals surface area (Å²) in [7, 11) is 0. The Hall–Kier alpha value is -2.95. The van der Waals surface area contributed by atoms with Crippen molar-refractivity contribution in [2.45, 2.75) is 13.0 Å². The van der Waals surface area contributed by atoms with Crippen LogP contribution in [0.1, 0.15) is 6.92 Å². The van der Waals surface area contributed by atoms with Gasteiger partial charge in [-0.05, 0) is 18.2 Å². The van der Waals surface area contributed by atoms with E-state index in [2.05, 4.69) is 19.6 Å². The zero-order chi connectivity index (χ0) is 20.4. The number of hydrogen-bond acceptors (Lipinski definition) is 8. The lowest BCUT2D eigenvalue weighted by molar-refractivity contribution is -0.119. The van der Waals surface area contributed by atoms with Crippen molar-refractivity contribution in [2.24, 2.45) is 0 Å². The molecule has 2 fully saturated rings. The normalized spacial score (nSPS) is 19.4. The number of carbonyl (C=O) groups is 2. The number of halogens is 1. The minimum absolute atomic E-state index is 0.193. The fourth-order valence-electron chi connectivity index (χ4n) is 3.46. The number of aromatic nitrogens is 2. The van der Waals surface area contributed by atoms with Gasteiger partial charge in [-0.1, -0.05) is 0 Å². The molecule has 1 unspecified atom stereocenters. The summed E-state index contributed by atoms with van der Waals surface area (Å²) in [6, 6.07) is 4.77. The van der Waals surface area contributed by atoms with Gasteiger partial charge >= 0.3 is 6.09 Å². The second-order valence-corrected chi connectivity index (χ2v) is 7.65. The molecular weight excluding hydrogens is 399 g/mol. The van der Waals surface area contributed by atoms with Gasteiger partial charge in [0.15, 0.2) is 0 Å². The van der Waals surface area contributed by atoms with Gasteiger partial charge in [0, 0.05) is 44.6 Å². The molecule has 2 aliphatic heterocycles. The Bertz CT molecular complexity index is 888. The average Bonchev–Trinajstić information content (AvgIpc) is 3.36. The summed E-state index contributed by atoms with van der Waals surface area (Å²) in [5.74, 6) is -0.578. The fourth-order valence-corrected chi connectivity index (χ4v) is 4.04. The minimum Gasteiger partial charge on any atom is -0.442 e. The van der Waals surface area contributed by atoms with Crippen molar-refractivity contribution in [3.63, 3.8) is 0 Å². The fraction of sp³-hybridized carbons (Fsp3) is 0.444. The summed E-state index contributed by atoms with van der Waals surface area (Å²) < 4.78 is 24.1. The topological polar surface area (TPSA) is 90.9 Å². The maximum Gasteiger partial charge on any atom is 0.414 e. The van der Waals surface area contributed by atoms with E-state index in [0.717, 1.165) is 18.2 Å². The van der Waals surface area contributed by atoms with Crippen molar-refractivity contribution in [2.75, 3.05) is 54.0 Å². The summed E-state index contributed by atoms with van der Waals surface area (Å²) in [6.07, 6.45) is 0.537. The standard InChI is InChI=1S/C18H21FN6O3S/c1-12(26)20-9-14-10-25(18(27)28-14)13-2-3-16(15(19)8-13)23-4-6-24(7-5-23)17-21-11-22-29-17/h2-3,8,11,14H,4-7,9-10H2,1H3,(H,20,26). The predicted octanol–water partition coefficient (Wildman–Crippen LogP) is 1.47. The molecule has 1 aromatic carbocycles. The lowest BCUT2D eigenvalue weighted by Gasteiger charge is -2.36. The Labute approximate surface area is 171 Å². The van der Waals surface area contributed by atoms with Crippen LogP contribution in [0.2, 0.25) is 0 Å². The molecule has 2 aliphatic rings. The van der Waals surface area contributed by atoms with Crippen molar-refractivity contribution in [1.82, 2.24) is 14.7 Å². The maximum atomic E-state index is 14.8. The molecule has 0 aliphatic carbocycles. The molecule has 2 saturated heterocycles. The number of cyclic esters (lactones) is 1. The molecule has 29 heavy (non-hydrogen) atoms. The Morgan fingerprint density at radius 1 is 1.31 bits per heavy atom. The third-order valence-electron chi connectivity index (χ3n) is 4.94. The quantitative estimate of drug-likeness (QED) is 0.783. The Balaban J connectivity index is 1.39. The number of piperazine rings is 1. The number of hydrogen-bond donors (Lipinski definition) is 1. The Morgan fingerprint density at radius 2 is 2.07 bits per heavy atom. The number of rotatable bonds is 5. The zero-order valence-corrected chi connectivity index (χ0v) is 16.7. The molecule has 0 bridgehead atoms. The molecule has 1 aromatic heterocycles. The van der Waals surface area contributed by atoms with E-state index < -0.39 is 12.2 Å². The molecule has 9 nitrogen and oxygen atoms in total. The van der Waals surface area contributed by atoms with Crippen LogP contribution in [-0.4, -0.2) is 66.7 Å². The van der Waals surface area contributed by atoms with Crippen LogP contribution < -0.4 is 20.0 Å². The molecule has 1 atom stereocenters. The third kappa shape index (κ3) is 4.24. The zero-order valence-electron chi connectivity index (χ0n) is 15.9. The van der Waals surface area contributed by atoms with Crippen LogP contribution in [0.4, 0.5) is 25.7 Å². The van der Waals surface area contributed by atoms with Crippen LogP contribution in [0.5, 0.6) is 0 Å². The van der Waals surface area contributed by atoms with Gasteiger partial charge in [-0.25, -0.2) is 14.2 Å². The monoisotopic (exact) mass is 420 g/mol. The molecular formula is C18H21FN6O3S. The first kappa shape index (κ1) is 19.4. The van der Waals surface area contributed by atoms with Gasteiger partial charge in [0.05, 0.1) is 24.5 Å². The first-order valence-electron chi connectivity index (χ1n) is 9.30. The molecule has 3 heterocycles. The van der Waals surface area contributed by atoms with E-state index in [1.54, 1.807) is 12.1 Å². The summed E-state index contributed by atoms with van der Waals surface area (Å²) >= 11 is 1.35. The second kappa shape index (κ2) is 8.19. The smallest absolute Gasteiger partial charge is 0.414 e. The van der Waals surface area contributed by atoms with Gasteiger partial charge < -0.3 is 19.9 Å². The lowest BCUT2D eigenvalue weighted by Crippen LogP contribution is -2.46. The summed E-state index contributed by atoms with van der Waals surface area (Å²) in [4.78, 5) is 32.9. The Morgan fingerprint density at radius 3 is 2.72 bits per heavy atom. The van der Waals surface area contributed by atoms with E-state index >= 15 is 0 Å². The van der Waals surface area contributed by atoms with E-state index in [9.17, 15) is 14.0 Å². The number of carbonyl (C=O) groups excluding carboxylic acids is 2. The lowest BCUT2D eigenvalue weighted by atomic mass is 10.2. The highest BCUT2D eigenvalue weighted by Crippen LogP contribution is 2.29. The summed E-state index contributed by atoms with van der Waals surface area (Å²) in [6.45, 7) is 4.70. The highest BCUT2D eigenvalue weighted by atomic mass is 32.1. The minimum atomic E-state index is -0.543. The van der Waals surface area contributed by atoms with Gasteiger partial charge in [-0.2, -0.15) is 4.37 Å². The van der Waals surface area contributed by atoms with Gasteiger partial charge in [0.25, 0.3) is 0 Å². The largest absolute Gasteiger partial charge is 0.442 e. The number of amides is 2. The van der Waals surface area contributed by atoms with Crippen LogP contribution >= 0.6 is 11.5 Å². The van der Waals surface area contributed by atoms with E-state index in [1.165, 1.54) is 35.7 Å². The summed E-state index contributed by atoms with van der Waals surface area (Å²) in [5, 5.41) is 3.50. The SMILES string of the molecule is CC(=O)NCC1CN(c2ccc(N3CCN(c4ncns4)CC3)c(F)c2)C(=O)O1. The van der Waals surface area contributed by atoms with Crippen LogP contribution in [0.3, 0.4) is 0 Å². The first-order valence-corrected chi connectivity index (χ1v) is 10.1. The van der Waals surface area contributed by atoms with E-state index in [4.69, 9.17) is 4.74 Å². The number of benzene rings is 1. The molecule has 0 saturated carbocycles. The van der Waals surface area contributed by atoms with Gasteiger partial charge in [-0.15, -0.1) is 0 Å². The van der Waals surface area contributed by atoms with Gasteiger partial charge in [0.2, 0.25) is 11.0 Å². The molecule has 0 spiro atoms. The highest BCUT2D eigenvalue weighted by Gasteiger charge is 2.33. The van der Waals surface area contributed by atoms with Crippen LogP contribution in [-0.2, 0) is 9.53 Å². The van der Waals surface area contributed by atoms with Crippen molar-refractivity contribution < 1.29 is 18.7 Å². The highest BCUT2D eigenvalue weighted by molar-refractivity contribution is 7.09. The number of nitrogens with zero attached hydrogens (tertiary/aromatic N) is 5. The van der Waals surface area contributed by atoms with Gasteiger partial charge in [0.1, 0.15) is 18.2 Å². The van der Waals surface area contributed by atoms with E-state index in [1.807, 2.05) is 4.90 Å². The van der Waals surface area contributed by atoms with Crippen LogP contribution in [0.15, 0.2) is 24.5 Å². The van der Waals surface area contributed by atoms with Crippen molar-refractivity contribution in [3.05, 3.63) is 30.3 Å². The average molecular weight is 420 g/mol.